The number of hydrogen-bond donors (Lipinski definition) is 6. The van der Waals surface area contributed by atoms with Crippen LogP contribution in [0.15, 0.2) is 144 Å². The maximum Gasteiger partial charge on any atom is 0.294 e. The van der Waals surface area contributed by atoms with Crippen LogP contribution in [0.2, 0.25) is 5.28 Å². The first-order valence-electron chi connectivity index (χ1n) is 38.2. The molecule has 8 heterocycles. The average Bonchev–Trinajstić information content (AvgIpc) is 0.812. The van der Waals surface area contributed by atoms with E-state index in [-0.39, 0.29) is 10.2 Å². The number of aliphatic hydroxyl groups excluding tert-OH is 1. The van der Waals surface area contributed by atoms with E-state index in [4.69, 9.17) is 49.3 Å². The van der Waals surface area contributed by atoms with E-state index >= 15 is 0 Å². The van der Waals surface area contributed by atoms with Crippen LogP contribution in [0.5, 0.6) is 11.5 Å². The van der Waals surface area contributed by atoms with Gasteiger partial charge in [-0.2, -0.15) is 18.4 Å². The Hall–Kier alpha value is -8.18. The number of nitrogens with one attached hydrogen (secondary N) is 3. The second kappa shape index (κ2) is 41.9. The number of nitrogens with two attached hydrogens (primary N) is 1. The van der Waals surface area contributed by atoms with Gasteiger partial charge in [-0.15, -0.1) is 0 Å². The van der Waals surface area contributed by atoms with Crippen LogP contribution in [0.3, 0.4) is 0 Å². The summed E-state index contributed by atoms with van der Waals surface area (Å²) in [6, 6.07) is 30.6. The van der Waals surface area contributed by atoms with Crippen LogP contribution in [0.1, 0.15) is 76.0 Å². The molecule has 2 radical (unpaired) electrons. The van der Waals surface area contributed by atoms with E-state index in [2.05, 4.69) is 155 Å². The second-order valence-electron chi connectivity index (χ2n) is 29.1. The van der Waals surface area contributed by atoms with Gasteiger partial charge in [0.2, 0.25) is 11.2 Å². The summed E-state index contributed by atoms with van der Waals surface area (Å²) in [5, 5.41) is 19.4. The van der Waals surface area contributed by atoms with Crippen molar-refractivity contribution in [1.29, 1.82) is 0 Å². The Balaban J connectivity index is 0.000000189. The molecular weight excluding hydrogens is 1570 g/mol. The van der Waals surface area contributed by atoms with Crippen LogP contribution in [0.4, 0.5) is 51.7 Å². The van der Waals surface area contributed by atoms with E-state index in [0.717, 1.165) is 124 Å². The molecule has 604 valence electrons. The normalized spacial score (nSPS) is 15.5. The highest BCUT2D eigenvalue weighted by Crippen LogP contribution is 2.43. The summed E-state index contributed by atoms with van der Waals surface area (Å²) < 4.78 is 67.7. The van der Waals surface area contributed by atoms with Gasteiger partial charge in [0.25, 0.3) is 10.1 Å². The zero-order valence-corrected chi connectivity index (χ0v) is 72.0. The minimum Gasteiger partial charge on any atom is -0.495 e. The van der Waals surface area contributed by atoms with Crippen LogP contribution in [-0.4, -0.2) is 238 Å². The number of piperidine rings is 2. The maximum absolute atomic E-state index is 13.4. The second-order valence-corrected chi connectivity index (χ2v) is 38.1. The van der Waals surface area contributed by atoms with Gasteiger partial charge in [0.05, 0.1) is 46.3 Å². The van der Waals surface area contributed by atoms with Crippen molar-refractivity contribution in [3.8, 4) is 34.3 Å². The highest BCUT2D eigenvalue weighted by molar-refractivity contribution is 9.10. The zero-order chi connectivity index (χ0) is 81.6. The first kappa shape index (κ1) is 88.8. The van der Waals surface area contributed by atoms with Gasteiger partial charge in [0.1, 0.15) is 45.3 Å². The van der Waals surface area contributed by atoms with E-state index in [9.17, 15) is 17.5 Å². The van der Waals surface area contributed by atoms with E-state index in [0.29, 0.717) is 73.8 Å². The number of rotatable bonds is 21. The standard InChI is InChI=1S/C35H45BN9O2P.C19H32N4O.C16H14BrClN5OP.C7H8O3S.C4H10O/c1-6-24-20-29(31(47-3)22-30(24)45-14-10-26(11-15-45)44-18-16-43(2)17-19-44)41-35-39-23-27(36)34(42-35)40-28-9-8-25(21-32(28)48(4,5)46)33-37-12-7-13-38-33;1-4-15-13-17(20)19(24-3)14-18(15)23-7-5-16(6-8-23)22-11-9-21(2)10-12-22;1-25(2,24)13-8-10(14-19-6-3-7-20-14)4-5-12(13)22-15-11(17)9-21-16(18)23-15;1-6-2-4-7(5-3-6)11(8,9)10;1-2-3-4-5/h7-9,12-13,20-23,26H,6,10-11,14-19H2,1-5H3,(H2,39,40,41,42);13-14,16H,4-12,20H2,1-3H3;3-9H,1-2H3,(H,21,22,23);2-5H,1H3,(H,8,9,10);5H,2-4H2,1H3. The Labute approximate surface area is 682 Å². The molecule has 0 spiro atoms. The van der Waals surface area contributed by atoms with Crippen LogP contribution in [-0.2, 0) is 32.1 Å². The van der Waals surface area contributed by atoms with Crippen molar-refractivity contribution in [3.05, 3.63) is 161 Å². The number of benzene rings is 5. The minimum absolute atomic E-state index is 0.0666. The van der Waals surface area contributed by atoms with Gasteiger partial charge in [-0.25, -0.2) is 29.9 Å². The van der Waals surface area contributed by atoms with E-state index in [1.54, 1.807) is 102 Å². The predicted octanol–water partition coefficient (Wildman–Crippen LogP) is 12.7. The predicted molar refractivity (Wildman–Crippen MR) is 466 cm³/mol. The average molecular weight is 1680 g/mol. The molecule has 0 amide bonds. The monoisotopic (exact) mass is 1680 g/mol. The van der Waals surface area contributed by atoms with Crippen LogP contribution < -0.4 is 57.0 Å². The van der Waals surface area contributed by atoms with Crippen molar-refractivity contribution in [2.45, 2.75) is 96.0 Å². The number of unbranched alkanes of at least 4 members (excludes halogenated alkanes) is 1. The van der Waals surface area contributed by atoms with Crippen LogP contribution in [0.25, 0.3) is 22.8 Å². The number of anilines is 9. The Morgan fingerprint density at radius 1 is 0.593 bits per heavy atom. The fourth-order valence-electron chi connectivity index (χ4n) is 13.7. The summed E-state index contributed by atoms with van der Waals surface area (Å²) in [5.41, 5.74) is 16.9. The third kappa shape index (κ3) is 25.4. The Morgan fingerprint density at radius 2 is 1.05 bits per heavy atom. The van der Waals surface area contributed by atoms with Crippen molar-refractivity contribution in [2.75, 3.05) is 172 Å². The molecule has 7 N–H and O–H groups in total. The van der Waals surface area contributed by atoms with Crippen molar-refractivity contribution < 1.29 is 36.7 Å². The molecule has 4 fully saturated rings. The molecule has 4 aromatic heterocycles. The van der Waals surface area contributed by atoms with E-state index in [1.807, 2.05) is 43.3 Å². The number of hydrogen-bond acceptors (Lipinski definition) is 25. The Morgan fingerprint density at radius 3 is 1.48 bits per heavy atom. The topological polar surface area (TPSA) is 312 Å². The van der Waals surface area contributed by atoms with Crippen LogP contribution in [0, 0.1) is 6.92 Å². The number of aliphatic hydroxyl groups is 1. The molecule has 0 unspecified atom stereocenters. The van der Waals surface area contributed by atoms with Gasteiger partial charge in [-0.05, 0) is 210 Å². The third-order valence-electron chi connectivity index (χ3n) is 20.2. The lowest BCUT2D eigenvalue weighted by Gasteiger charge is -2.43. The molecule has 5 aromatic carbocycles. The van der Waals surface area contributed by atoms with E-state index < -0.39 is 24.4 Å². The minimum atomic E-state index is -4.02. The quantitative estimate of drug-likeness (QED) is 0.0128. The van der Waals surface area contributed by atoms with Crippen molar-refractivity contribution in [2.24, 2.45) is 0 Å². The number of ether oxygens (including phenoxy) is 2. The number of halogens is 2. The number of methoxy groups -OCH3 is 2. The molecule has 0 bridgehead atoms. The van der Waals surface area contributed by atoms with Gasteiger partial charge >= 0.3 is 0 Å². The lowest BCUT2D eigenvalue weighted by atomic mass is 9.99. The number of likely N-dealkylation sites (N-methyl/N-ethyl adjacent to an activating group) is 2. The van der Waals surface area contributed by atoms with Crippen molar-refractivity contribution in [1.82, 2.24) is 59.5 Å². The van der Waals surface area contributed by atoms with Crippen molar-refractivity contribution >= 4 is 128 Å². The highest BCUT2D eigenvalue weighted by Gasteiger charge is 2.31. The largest absolute Gasteiger partial charge is 0.495 e. The molecule has 13 rings (SSSR count). The summed E-state index contributed by atoms with van der Waals surface area (Å²) in [4.78, 5) is 49.6. The number of aromatic nitrogens is 8. The summed E-state index contributed by atoms with van der Waals surface area (Å²) in [6.45, 7) is 29.3. The number of nitrogen functional groups attached to an aromatic ring is 1. The number of piperazine rings is 2. The molecule has 32 heteroatoms. The summed E-state index contributed by atoms with van der Waals surface area (Å²) in [6.07, 6.45) is 18.6. The molecule has 26 nitrogen and oxygen atoms in total. The highest BCUT2D eigenvalue weighted by atomic mass is 79.9. The van der Waals surface area contributed by atoms with Crippen molar-refractivity contribution in [3.63, 3.8) is 0 Å². The molecular formula is C81H109BBrClN18O8P2S. The molecule has 4 aliphatic heterocycles. The lowest BCUT2D eigenvalue weighted by Crippen LogP contribution is -2.52. The first-order valence-corrected chi connectivity index (χ1v) is 46.0. The first-order chi connectivity index (χ1) is 54.0. The van der Waals surface area contributed by atoms with Gasteiger partial charge in [0.15, 0.2) is 11.6 Å². The smallest absolute Gasteiger partial charge is 0.294 e. The molecule has 0 aliphatic carbocycles. The maximum atomic E-state index is 13.4. The van der Waals surface area contributed by atoms with Gasteiger partial charge in [-0.1, -0.05) is 44.9 Å². The number of nitrogens with zero attached hydrogens (tertiary/aromatic N) is 14. The fourth-order valence-corrected chi connectivity index (χ4v) is 17.0. The summed E-state index contributed by atoms with van der Waals surface area (Å²) >= 11 is 9.24. The van der Waals surface area contributed by atoms with Gasteiger partial charge < -0.3 is 65.0 Å². The lowest BCUT2D eigenvalue weighted by molar-refractivity contribution is 0.0982. The molecule has 9 aromatic rings. The molecule has 0 saturated carbocycles. The van der Waals surface area contributed by atoms with Gasteiger partial charge in [-0.3, -0.25) is 14.4 Å². The summed E-state index contributed by atoms with van der Waals surface area (Å²) in [5.74, 6) is 3.92. The molecule has 4 aliphatic rings. The zero-order valence-electron chi connectivity index (χ0n) is 67.0. The molecule has 113 heavy (non-hydrogen) atoms. The summed E-state index contributed by atoms with van der Waals surface area (Å²) in [7, 11) is 4.84. The SMILES string of the molecule is CCCCO.CCc1cc(N)c(OC)cc1N1CCC(N2CCN(C)CC2)CC1.CP(C)(=O)c1cc(-c2ncccn2)ccc1Nc1nc(Cl)ncc1Br.Cc1ccc(S(=O)(=O)O)cc1.[B]c1cnc(Nc2cc(CC)c(N3CCC(N4CCN(C)CC4)CC3)cc2OC)nc1Nc1ccc(-c2ncccn2)cc1P(C)(C)=O. The van der Waals surface area contributed by atoms with Gasteiger partial charge in [0, 0.05) is 180 Å². The third-order valence-corrected chi connectivity index (χ3v) is 24.9. The fraction of sp³-hybridized carbons (Fsp3) is 0.432. The molecule has 4 saturated heterocycles. The number of aryl methyl sites for hydroxylation is 3. The van der Waals surface area contributed by atoms with E-state index in [1.165, 1.54) is 86.5 Å². The van der Waals surface area contributed by atoms with Crippen LogP contribution >= 0.6 is 41.8 Å². The molecule has 0 atom stereocenters. The Kier molecular flexibility index (Phi) is 32.9. The Bertz CT molecular complexity index is 4780.